The van der Waals surface area contributed by atoms with E-state index in [1.54, 1.807) is 6.20 Å². The van der Waals surface area contributed by atoms with Crippen molar-refractivity contribution in [3.63, 3.8) is 0 Å². The van der Waals surface area contributed by atoms with E-state index in [9.17, 15) is 9.59 Å². The van der Waals surface area contributed by atoms with E-state index in [4.69, 9.17) is 9.47 Å². The maximum absolute atomic E-state index is 12.5. The van der Waals surface area contributed by atoms with E-state index in [1.807, 2.05) is 18.2 Å². The number of fused-ring (bicyclic) bond motifs is 4. The van der Waals surface area contributed by atoms with Gasteiger partial charge in [0.05, 0.1) is 0 Å². The van der Waals surface area contributed by atoms with Crippen LogP contribution in [0.5, 0.6) is 17.2 Å². The van der Waals surface area contributed by atoms with Gasteiger partial charge in [-0.1, -0.05) is 25.7 Å². The topological polar surface area (TPSA) is 77.5 Å². The van der Waals surface area contributed by atoms with Gasteiger partial charge in [-0.05, 0) is 36.6 Å². The summed E-state index contributed by atoms with van der Waals surface area (Å²) in [4.78, 5) is 28.4. The number of pyridine rings is 1. The zero-order valence-electron chi connectivity index (χ0n) is 17.4. The molecule has 0 spiro atoms. The van der Waals surface area contributed by atoms with Gasteiger partial charge < -0.3 is 14.8 Å². The maximum atomic E-state index is 12.5. The number of nitrogens with zero attached hydrogens (tertiary/aromatic N) is 1. The van der Waals surface area contributed by atoms with Gasteiger partial charge >= 0.3 is 0 Å². The van der Waals surface area contributed by atoms with Crippen LogP contribution in [-0.2, 0) is 16.0 Å². The summed E-state index contributed by atoms with van der Waals surface area (Å²) >= 11 is 0. The molecule has 4 aliphatic rings. The Bertz CT molecular complexity index is 1060. The number of rotatable bonds is 6. The molecule has 2 aliphatic heterocycles. The molecule has 2 aliphatic carbocycles. The molecule has 2 saturated carbocycles. The van der Waals surface area contributed by atoms with Crippen molar-refractivity contribution in [3.8, 4) is 17.2 Å². The van der Waals surface area contributed by atoms with Gasteiger partial charge in [0, 0.05) is 48.4 Å². The molecule has 6 nitrogen and oxygen atoms in total. The lowest BCUT2D eigenvalue weighted by Gasteiger charge is -2.19. The van der Waals surface area contributed by atoms with Crippen molar-refractivity contribution in [2.75, 3.05) is 5.32 Å². The van der Waals surface area contributed by atoms with E-state index in [2.05, 4.69) is 16.4 Å². The van der Waals surface area contributed by atoms with Gasteiger partial charge in [0.25, 0.3) is 0 Å². The SMILES string of the molecule is O=C(CC1CCCC1)C[C@@H]1[C@H]2Oc3ccc(Oc4ccnc5c4CCC(=O)N5)cc3[C@@H]12. The minimum Gasteiger partial charge on any atom is -0.489 e. The molecule has 1 N–H and O–H groups in total. The van der Waals surface area contributed by atoms with Crippen molar-refractivity contribution < 1.29 is 19.1 Å². The van der Waals surface area contributed by atoms with E-state index < -0.39 is 0 Å². The summed E-state index contributed by atoms with van der Waals surface area (Å²) in [5.74, 6) is 4.56. The lowest BCUT2D eigenvalue weighted by atomic mass is 9.97. The molecular weight excluding hydrogens is 392 g/mol. The highest BCUT2D eigenvalue weighted by Crippen LogP contribution is 2.60. The second-order valence-corrected chi connectivity index (χ2v) is 9.36. The van der Waals surface area contributed by atoms with Crippen LogP contribution in [0.2, 0.25) is 0 Å². The smallest absolute Gasteiger partial charge is 0.225 e. The Hall–Kier alpha value is -2.89. The Morgan fingerprint density at radius 1 is 1.16 bits per heavy atom. The predicted molar refractivity (Wildman–Crippen MR) is 115 cm³/mol. The van der Waals surface area contributed by atoms with Crippen molar-refractivity contribution in [1.29, 1.82) is 0 Å². The van der Waals surface area contributed by atoms with Gasteiger partial charge in [0.1, 0.15) is 35.0 Å². The number of carbonyl (C=O) groups is 2. The highest BCUT2D eigenvalue weighted by molar-refractivity contribution is 5.93. The average Bonchev–Trinajstić information content (AvgIpc) is 3.09. The molecule has 0 unspecified atom stereocenters. The van der Waals surface area contributed by atoms with E-state index in [0.29, 0.717) is 48.6 Å². The van der Waals surface area contributed by atoms with Gasteiger partial charge in [-0.3, -0.25) is 9.59 Å². The number of anilines is 1. The van der Waals surface area contributed by atoms with Crippen LogP contribution in [0.1, 0.15) is 62.0 Å². The van der Waals surface area contributed by atoms with Gasteiger partial charge in [0.15, 0.2) is 0 Å². The normalized spacial score (nSPS) is 25.8. The van der Waals surface area contributed by atoms with Crippen molar-refractivity contribution in [2.45, 2.75) is 63.4 Å². The largest absolute Gasteiger partial charge is 0.489 e. The second kappa shape index (κ2) is 7.36. The summed E-state index contributed by atoms with van der Waals surface area (Å²) < 4.78 is 12.3. The standard InChI is InChI=1S/C25H26N2O4/c28-15(11-14-3-1-2-4-14)12-19-23-18-13-16(5-7-20(18)31-24(19)23)30-21-9-10-26-25-17(21)6-8-22(29)27-25/h5,7,9-10,13-14,19,23-24H,1-4,6,8,11-12H2,(H,26,27,29)/t19-,23-,24+/m0/s1. The molecule has 6 rings (SSSR count). The van der Waals surface area contributed by atoms with Gasteiger partial charge in [-0.2, -0.15) is 0 Å². The first-order valence-electron chi connectivity index (χ1n) is 11.4. The minimum atomic E-state index is -0.0138. The summed E-state index contributed by atoms with van der Waals surface area (Å²) in [5.41, 5.74) is 2.08. The number of aromatic nitrogens is 1. The third-order valence-corrected chi connectivity index (χ3v) is 7.25. The van der Waals surface area contributed by atoms with E-state index in [1.165, 1.54) is 25.7 Å². The predicted octanol–water partition coefficient (Wildman–Crippen LogP) is 4.77. The number of ether oxygens (including phenoxy) is 2. The van der Waals surface area contributed by atoms with Crippen molar-refractivity contribution >= 4 is 17.5 Å². The van der Waals surface area contributed by atoms with Crippen LogP contribution in [0.25, 0.3) is 0 Å². The molecule has 160 valence electrons. The summed E-state index contributed by atoms with van der Waals surface area (Å²) in [6, 6.07) is 7.77. The zero-order valence-corrected chi connectivity index (χ0v) is 17.4. The first kappa shape index (κ1) is 18.8. The van der Waals surface area contributed by atoms with E-state index in [-0.39, 0.29) is 12.0 Å². The molecule has 31 heavy (non-hydrogen) atoms. The first-order chi connectivity index (χ1) is 15.2. The fraction of sp³-hybridized carbons (Fsp3) is 0.480. The fourth-order valence-corrected chi connectivity index (χ4v) is 5.62. The third kappa shape index (κ3) is 3.48. The monoisotopic (exact) mass is 418 g/mol. The molecule has 0 radical (unpaired) electrons. The highest BCUT2D eigenvalue weighted by atomic mass is 16.5. The third-order valence-electron chi connectivity index (χ3n) is 7.25. The van der Waals surface area contributed by atoms with Crippen LogP contribution < -0.4 is 14.8 Å². The van der Waals surface area contributed by atoms with Crippen LogP contribution in [0.15, 0.2) is 30.5 Å². The number of hydrogen-bond donors (Lipinski definition) is 1. The maximum Gasteiger partial charge on any atom is 0.225 e. The Balaban J connectivity index is 1.15. The summed E-state index contributed by atoms with van der Waals surface area (Å²) in [7, 11) is 0. The summed E-state index contributed by atoms with van der Waals surface area (Å²) in [5, 5.41) is 2.81. The lowest BCUT2D eigenvalue weighted by Crippen LogP contribution is -2.20. The van der Waals surface area contributed by atoms with Crippen molar-refractivity contribution in [3.05, 3.63) is 41.6 Å². The number of amides is 1. The number of benzene rings is 1. The number of Topliss-reactive ketones (excluding diaryl/α,β-unsaturated/α-hetero) is 1. The number of carbonyl (C=O) groups excluding carboxylic acids is 2. The fourth-order valence-electron chi connectivity index (χ4n) is 5.62. The molecule has 2 fully saturated rings. The molecule has 2 aromatic rings. The quantitative estimate of drug-likeness (QED) is 0.731. The first-order valence-corrected chi connectivity index (χ1v) is 11.4. The van der Waals surface area contributed by atoms with Gasteiger partial charge in [-0.25, -0.2) is 4.98 Å². The summed E-state index contributed by atoms with van der Waals surface area (Å²) in [6.07, 6.45) is 9.21. The van der Waals surface area contributed by atoms with Crippen LogP contribution in [-0.4, -0.2) is 22.8 Å². The Kier molecular flexibility index (Phi) is 4.47. The van der Waals surface area contributed by atoms with E-state index >= 15 is 0 Å². The molecule has 0 bridgehead atoms. The Morgan fingerprint density at radius 2 is 2.03 bits per heavy atom. The molecule has 1 aromatic heterocycles. The molecule has 1 amide bonds. The van der Waals surface area contributed by atoms with Crippen molar-refractivity contribution in [2.24, 2.45) is 11.8 Å². The highest BCUT2D eigenvalue weighted by Gasteiger charge is 2.59. The Labute approximate surface area is 181 Å². The lowest BCUT2D eigenvalue weighted by molar-refractivity contribution is -0.120. The molecule has 1 aromatic carbocycles. The Morgan fingerprint density at radius 3 is 2.90 bits per heavy atom. The van der Waals surface area contributed by atoms with Crippen molar-refractivity contribution in [1.82, 2.24) is 4.98 Å². The number of ketones is 1. The van der Waals surface area contributed by atoms with Gasteiger partial charge in [0.2, 0.25) is 5.91 Å². The average molecular weight is 418 g/mol. The van der Waals surface area contributed by atoms with Crippen LogP contribution >= 0.6 is 0 Å². The van der Waals surface area contributed by atoms with Crippen LogP contribution in [0.4, 0.5) is 5.82 Å². The van der Waals surface area contributed by atoms with Crippen LogP contribution in [0.3, 0.4) is 0 Å². The molecule has 3 heterocycles. The second-order valence-electron chi connectivity index (χ2n) is 9.36. The molecular formula is C25H26N2O4. The van der Waals surface area contributed by atoms with Crippen LogP contribution in [0, 0.1) is 11.8 Å². The van der Waals surface area contributed by atoms with E-state index in [0.717, 1.165) is 34.8 Å². The summed E-state index contributed by atoms with van der Waals surface area (Å²) in [6.45, 7) is 0. The molecule has 6 heteroatoms. The molecule has 0 saturated heterocycles. The number of nitrogens with one attached hydrogen (secondary N) is 1. The zero-order chi connectivity index (χ0) is 20.9. The molecule has 3 atom stereocenters. The number of hydrogen-bond acceptors (Lipinski definition) is 5. The minimum absolute atomic E-state index is 0.0138. The van der Waals surface area contributed by atoms with Gasteiger partial charge in [-0.15, -0.1) is 0 Å².